The van der Waals surface area contributed by atoms with E-state index < -0.39 is 17.5 Å². The normalized spacial score (nSPS) is 13.1. The van der Waals surface area contributed by atoms with Crippen molar-refractivity contribution in [1.29, 1.82) is 0 Å². The van der Waals surface area contributed by atoms with Crippen molar-refractivity contribution in [2.24, 2.45) is 5.16 Å². The maximum atomic E-state index is 11.8. The van der Waals surface area contributed by atoms with Crippen molar-refractivity contribution in [1.82, 2.24) is 4.98 Å². The lowest BCUT2D eigenvalue weighted by Gasteiger charge is -2.16. The van der Waals surface area contributed by atoms with Gasteiger partial charge >= 0.3 is 17.5 Å². The minimum atomic E-state index is -4.97. The van der Waals surface area contributed by atoms with E-state index in [4.69, 9.17) is 23.5 Å². The second-order valence-electron chi connectivity index (χ2n) is 4.93. The number of ether oxygens (including phenoxy) is 1. The summed E-state index contributed by atoms with van der Waals surface area (Å²) in [7, 11) is -2.89. The largest absolute Gasteiger partial charge is 0.493 e. The Hall–Kier alpha value is -2.26. The van der Waals surface area contributed by atoms with Crippen molar-refractivity contribution in [3.8, 4) is 11.5 Å². The van der Waals surface area contributed by atoms with Gasteiger partial charge in [-0.2, -0.15) is 0 Å². The number of oxime groups is 1. The lowest BCUT2D eigenvalue weighted by molar-refractivity contribution is 0.159. The van der Waals surface area contributed by atoms with Crippen molar-refractivity contribution < 1.29 is 32.3 Å². The lowest BCUT2D eigenvalue weighted by Crippen LogP contribution is -2.13. The van der Waals surface area contributed by atoms with Crippen molar-refractivity contribution >= 4 is 23.2 Å². The van der Waals surface area contributed by atoms with Crippen LogP contribution in [0.3, 0.4) is 0 Å². The van der Waals surface area contributed by atoms with Crippen molar-refractivity contribution in [2.45, 2.75) is 13.8 Å². The van der Waals surface area contributed by atoms with Gasteiger partial charge in [-0.15, -0.1) is 0 Å². The molecular formula is C16H19N2O7PS. The summed E-state index contributed by atoms with van der Waals surface area (Å²) in [6.45, 7) is -0.877. The molecule has 9 nitrogen and oxygen atoms in total. The van der Waals surface area contributed by atoms with Gasteiger partial charge in [0.25, 0.3) is 0 Å². The van der Waals surface area contributed by atoms with Crippen molar-refractivity contribution in [2.75, 3.05) is 13.2 Å². The number of benzene rings is 1. The van der Waals surface area contributed by atoms with Gasteiger partial charge in [-0.25, -0.2) is 8.77 Å². The fraction of sp³-hybridized carbons (Fsp3) is 0.250. The van der Waals surface area contributed by atoms with Crippen LogP contribution in [0.5, 0.6) is 11.5 Å². The molecule has 0 bridgehead atoms. The van der Waals surface area contributed by atoms with Crippen LogP contribution in [0.4, 0.5) is 0 Å². The molecule has 2 aromatic rings. The molecule has 1 aromatic heterocycles. The number of aromatic nitrogens is 1. The molecule has 27 heavy (non-hydrogen) atoms. The highest BCUT2D eigenvalue weighted by Gasteiger charge is 2.30. The van der Waals surface area contributed by atoms with Gasteiger partial charge in [-0.1, -0.05) is 17.3 Å². The predicted octanol–water partition coefficient (Wildman–Crippen LogP) is 2.40. The molecule has 0 radical (unpaired) electrons. The molecule has 1 unspecified atom stereocenters. The third-order valence-electron chi connectivity index (χ3n) is 3.07. The van der Waals surface area contributed by atoms with Gasteiger partial charge < -0.3 is 23.5 Å². The first-order chi connectivity index (χ1) is 12.9. The molecule has 2 rings (SSSR count). The Kier molecular flexibility index (Phi) is 7.49. The molecule has 0 saturated carbocycles. The minimum absolute atomic E-state index is 0.0910. The molecule has 146 valence electrons. The summed E-state index contributed by atoms with van der Waals surface area (Å²) >= 11 is 0. The van der Waals surface area contributed by atoms with Gasteiger partial charge in [0.2, 0.25) is 0 Å². The molecule has 0 aliphatic rings. The average molecular weight is 414 g/mol. The summed E-state index contributed by atoms with van der Waals surface area (Å²) in [6.07, 6.45) is 1.55. The smallest absolute Gasteiger partial charge is 0.451 e. The molecule has 0 fully saturated rings. The molecule has 0 aliphatic carbocycles. The Morgan fingerprint density at radius 2 is 1.89 bits per heavy atom. The van der Waals surface area contributed by atoms with Gasteiger partial charge in [0.15, 0.2) is 5.75 Å². The summed E-state index contributed by atoms with van der Waals surface area (Å²) in [5.41, 5.74) is 0.831. The van der Waals surface area contributed by atoms with Crippen LogP contribution in [0, 0.1) is 0 Å². The molecule has 0 aliphatic heterocycles. The van der Waals surface area contributed by atoms with Crippen LogP contribution < -0.4 is 8.92 Å². The Morgan fingerprint density at radius 1 is 1.15 bits per heavy atom. The number of hydrogen-bond acceptors (Lipinski definition) is 7. The van der Waals surface area contributed by atoms with Crippen LogP contribution in [0.2, 0.25) is 0 Å². The van der Waals surface area contributed by atoms with Crippen LogP contribution in [0.25, 0.3) is 0 Å². The van der Waals surface area contributed by atoms with E-state index >= 15 is 0 Å². The molecule has 11 heteroatoms. The highest BCUT2D eigenvalue weighted by Crippen LogP contribution is 2.42. The van der Waals surface area contributed by atoms with E-state index in [2.05, 4.69) is 10.1 Å². The van der Waals surface area contributed by atoms with Gasteiger partial charge in [-0.05, 0) is 38.1 Å². The molecule has 1 heterocycles. The van der Waals surface area contributed by atoms with E-state index in [1.807, 2.05) is 0 Å². The van der Waals surface area contributed by atoms with Gasteiger partial charge in [0.1, 0.15) is 18.1 Å². The number of rotatable bonds is 9. The maximum absolute atomic E-state index is 11.8. The van der Waals surface area contributed by atoms with Crippen LogP contribution >= 0.6 is 6.80 Å². The number of pyridine rings is 1. The highest BCUT2D eigenvalue weighted by atomic mass is 32.8. The number of nitrogens with zero attached hydrogens (tertiary/aromatic N) is 2. The molecule has 0 saturated heterocycles. The minimum Gasteiger partial charge on any atom is -0.493 e. The zero-order chi connectivity index (χ0) is 19.9. The second kappa shape index (κ2) is 9.61. The quantitative estimate of drug-likeness (QED) is 0.364. The molecule has 0 amide bonds. The van der Waals surface area contributed by atoms with E-state index in [9.17, 15) is 8.77 Å². The first-order valence-corrected chi connectivity index (χ1v) is 11.2. The van der Waals surface area contributed by atoms with E-state index in [0.717, 1.165) is 0 Å². The Morgan fingerprint density at radius 3 is 2.48 bits per heavy atom. The Labute approximate surface area is 158 Å². The lowest BCUT2D eigenvalue weighted by atomic mass is 10.0. The molecule has 1 aromatic carbocycles. The monoisotopic (exact) mass is 414 g/mol. The average Bonchev–Trinajstić information content (AvgIpc) is 2.64. The van der Waals surface area contributed by atoms with E-state index in [1.54, 1.807) is 44.3 Å². The van der Waals surface area contributed by atoms with Gasteiger partial charge in [0.05, 0.1) is 17.9 Å². The molecule has 2 N–H and O–H groups in total. The van der Waals surface area contributed by atoms with E-state index in [1.165, 1.54) is 12.1 Å². The first kappa shape index (κ1) is 21.0. The zero-order valence-electron chi connectivity index (χ0n) is 14.6. The number of hydrogen-bond donors (Lipinski definition) is 2. The molecule has 1 atom stereocenters. The third kappa shape index (κ3) is 5.61. The fourth-order valence-corrected chi connectivity index (χ4v) is 2.99. The van der Waals surface area contributed by atoms with Crippen LogP contribution in [-0.4, -0.2) is 37.9 Å². The van der Waals surface area contributed by atoms with Crippen LogP contribution in [0.1, 0.15) is 25.1 Å². The predicted molar refractivity (Wildman–Crippen MR) is 99.9 cm³/mol. The van der Waals surface area contributed by atoms with Gasteiger partial charge in [0, 0.05) is 6.20 Å². The third-order valence-corrected chi connectivity index (χ3v) is 5.17. The van der Waals surface area contributed by atoms with Crippen molar-refractivity contribution in [3.63, 3.8) is 0 Å². The van der Waals surface area contributed by atoms with Crippen LogP contribution in [0.15, 0.2) is 47.8 Å². The summed E-state index contributed by atoms with van der Waals surface area (Å²) < 4.78 is 33.7. The SMILES string of the molecule is CCON=C(c1ccccn1)c1c(OCC)cccc1OS(=O)P(=O)(O)O. The van der Waals surface area contributed by atoms with Gasteiger partial charge in [-0.3, -0.25) is 4.98 Å². The Bertz CT molecular complexity index is 870. The zero-order valence-corrected chi connectivity index (χ0v) is 16.4. The summed E-state index contributed by atoms with van der Waals surface area (Å²) in [4.78, 5) is 27.6. The summed E-state index contributed by atoms with van der Waals surface area (Å²) in [5.74, 6) is 0.216. The summed E-state index contributed by atoms with van der Waals surface area (Å²) in [6, 6.07) is 9.69. The highest BCUT2D eigenvalue weighted by molar-refractivity contribution is 8.42. The van der Waals surface area contributed by atoms with Crippen molar-refractivity contribution in [3.05, 3.63) is 53.9 Å². The standard InChI is InChI=1S/C16H19N2O7PS/c1-3-23-13-9-7-10-14(25-27(22)26(19,20)21)15(13)16(18-24-4-2)12-8-5-6-11-17-12/h5-11H,3-4H2,1-2H3,(H2,19,20,21). The first-order valence-electron chi connectivity index (χ1n) is 7.92. The van der Waals surface area contributed by atoms with E-state index in [-0.39, 0.29) is 23.6 Å². The Balaban J connectivity index is 2.65. The van der Waals surface area contributed by atoms with E-state index in [0.29, 0.717) is 18.1 Å². The topological polar surface area (TPSA) is 128 Å². The van der Waals surface area contributed by atoms with Crippen LogP contribution in [-0.2, 0) is 20.1 Å². The maximum Gasteiger partial charge on any atom is 0.451 e. The second-order valence-corrected chi connectivity index (χ2v) is 8.83. The molecule has 0 spiro atoms. The fourth-order valence-electron chi connectivity index (χ4n) is 2.07. The molecular weight excluding hydrogens is 395 g/mol. The summed E-state index contributed by atoms with van der Waals surface area (Å²) in [5, 5.41) is 4.06.